The van der Waals surface area contributed by atoms with Crippen LogP contribution in [0, 0.1) is 0 Å². The topological polar surface area (TPSA) is 46.2 Å². The van der Waals surface area contributed by atoms with Crippen LogP contribution >= 0.6 is 11.8 Å². The first-order valence-corrected chi connectivity index (χ1v) is 11.2. The molecule has 0 saturated heterocycles. The summed E-state index contributed by atoms with van der Waals surface area (Å²) in [4.78, 5) is 2.08. The first kappa shape index (κ1) is 18.3. The molecule has 0 fully saturated rings. The number of hydrogen-bond acceptors (Lipinski definition) is 3. The third-order valence-electron chi connectivity index (χ3n) is 4.44. The number of rotatable bonds is 4. The molecular weight excluding hydrogens is 350 g/mol. The van der Waals surface area contributed by atoms with Gasteiger partial charge < -0.3 is 0 Å². The van der Waals surface area contributed by atoms with Gasteiger partial charge in [-0.15, -0.1) is 0 Å². The van der Waals surface area contributed by atoms with E-state index >= 15 is 0 Å². The molecule has 0 aromatic heterocycles. The lowest BCUT2D eigenvalue weighted by Gasteiger charge is -2.19. The van der Waals surface area contributed by atoms with Gasteiger partial charge in [0.25, 0.3) is 0 Å². The van der Waals surface area contributed by atoms with Crippen LogP contribution in [-0.2, 0) is 28.3 Å². The minimum atomic E-state index is -3.30. The fraction of sp³-hybridized carbons (Fsp3) is 0.400. The summed E-state index contributed by atoms with van der Waals surface area (Å²) in [6.45, 7) is 6.59. The third kappa shape index (κ3) is 4.59. The van der Waals surface area contributed by atoms with E-state index in [2.05, 4.69) is 55.8 Å². The maximum atomic E-state index is 11.7. The third-order valence-corrected chi connectivity index (χ3v) is 6.09. The van der Waals surface area contributed by atoms with Crippen LogP contribution in [0.15, 0.2) is 46.2 Å². The molecule has 0 heterocycles. The molecule has 0 unspecified atom stereocenters. The van der Waals surface area contributed by atoms with Gasteiger partial charge in [-0.1, -0.05) is 44.7 Å². The molecule has 0 spiro atoms. The van der Waals surface area contributed by atoms with Crippen LogP contribution in [0.25, 0.3) is 0 Å². The predicted octanol–water partition coefficient (Wildman–Crippen LogP) is 5.00. The molecule has 0 radical (unpaired) electrons. The molecule has 3 rings (SSSR count). The summed E-state index contributed by atoms with van der Waals surface area (Å²) in [7, 11) is -3.30. The number of sulfonamides is 1. The van der Waals surface area contributed by atoms with Crippen LogP contribution < -0.4 is 4.72 Å². The van der Waals surface area contributed by atoms with Gasteiger partial charge in [0.1, 0.15) is 0 Å². The van der Waals surface area contributed by atoms with Gasteiger partial charge in [-0.05, 0) is 65.6 Å². The Kier molecular flexibility index (Phi) is 4.91. The highest BCUT2D eigenvalue weighted by molar-refractivity contribution is 7.99. The van der Waals surface area contributed by atoms with E-state index in [0.717, 1.165) is 29.1 Å². The Bertz CT molecular complexity index is 879. The van der Waals surface area contributed by atoms with Crippen LogP contribution in [0.2, 0.25) is 0 Å². The van der Waals surface area contributed by atoms with Gasteiger partial charge in [0, 0.05) is 9.79 Å². The lowest BCUT2D eigenvalue weighted by molar-refractivity contribution is 0.589. The highest BCUT2D eigenvalue weighted by Gasteiger charge is 2.18. The van der Waals surface area contributed by atoms with Crippen molar-refractivity contribution in [2.75, 3.05) is 11.0 Å². The molecule has 0 saturated carbocycles. The number of hydrogen-bond donors (Lipinski definition) is 1. The lowest BCUT2D eigenvalue weighted by Crippen LogP contribution is -2.11. The molecule has 25 heavy (non-hydrogen) atoms. The van der Waals surface area contributed by atoms with E-state index in [0.29, 0.717) is 5.69 Å². The molecule has 2 aromatic rings. The first-order valence-electron chi connectivity index (χ1n) is 8.54. The summed E-state index contributed by atoms with van der Waals surface area (Å²) < 4.78 is 26.2. The standard InChI is InChI=1S/C20H25NO2S2/c1-20(2,3)16-8-10-17(11-9-16)24-19-13-15-7-5-6-14(15)12-18(19)21-25(4,22)23/h8-13,21H,5-7H2,1-4H3. The number of anilines is 1. The van der Waals surface area contributed by atoms with E-state index in [1.54, 1.807) is 11.8 Å². The van der Waals surface area contributed by atoms with E-state index in [1.165, 1.54) is 22.9 Å². The van der Waals surface area contributed by atoms with E-state index in [9.17, 15) is 8.42 Å². The van der Waals surface area contributed by atoms with Crippen LogP contribution in [0.5, 0.6) is 0 Å². The largest absolute Gasteiger partial charge is 0.283 e. The van der Waals surface area contributed by atoms with Gasteiger partial charge in [0.15, 0.2) is 0 Å². The minimum Gasteiger partial charge on any atom is -0.283 e. The van der Waals surface area contributed by atoms with Crippen molar-refractivity contribution in [3.05, 3.63) is 53.1 Å². The second-order valence-corrected chi connectivity index (χ2v) is 10.6. The first-order chi connectivity index (χ1) is 11.6. The van der Waals surface area contributed by atoms with Crippen molar-refractivity contribution in [2.45, 2.75) is 55.2 Å². The Morgan fingerprint density at radius 2 is 1.60 bits per heavy atom. The number of benzene rings is 2. The SMILES string of the molecule is CC(C)(C)c1ccc(Sc2cc3c(cc2NS(C)(=O)=O)CCC3)cc1. The summed E-state index contributed by atoms with van der Waals surface area (Å²) in [6.07, 6.45) is 4.44. The molecule has 1 aliphatic rings. The highest BCUT2D eigenvalue weighted by Crippen LogP contribution is 2.39. The minimum absolute atomic E-state index is 0.125. The van der Waals surface area contributed by atoms with Gasteiger partial charge in [0.2, 0.25) is 10.0 Å². The van der Waals surface area contributed by atoms with Gasteiger partial charge in [-0.25, -0.2) is 8.42 Å². The molecule has 2 aromatic carbocycles. The van der Waals surface area contributed by atoms with Crippen molar-refractivity contribution in [3.63, 3.8) is 0 Å². The summed E-state index contributed by atoms with van der Waals surface area (Å²) in [5.74, 6) is 0. The van der Waals surface area contributed by atoms with Crippen LogP contribution in [0.3, 0.4) is 0 Å². The Balaban J connectivity index is 1.93. The van der Waals surface area contributed by atoms with E-state index in [-0.39, 0.29) is 5.41 Å². The fourth-order valence-electron chi connectivity index (χ4n) is 3.12. The molecule has 1 aliphatic carbocycles. The molecule has 5 heteroatoms. The van der Waals surface area contributed by atoms with Crippen molar-refractivity contribution in [1.29, 1.82) is 0 Å². The van der Waals surface area contributed by atoms with Crippen molar-refractivity contribution in [3.8, 4) is 0 Å². The van der Waals surface area contributed by atoms with Gasteiger partial charge in [-0.3, -0.25) is 4.72 Å². The van der Waals surface area contributed by atoms with Gasteiger partial charge in [-0.2, -0.15) is 0 Å². The second-order valence-electron chi connectivity index (χ2n) is 7.72. The molecule has 0 bridgehead atoms. The van der Waals surface area contributed by atoms with Crippen molar-refractivity contribution in [1.82, 2.24) is 0 Å². The molecule has 0 aliphatic heterocycles. The average Bonchev–Trinajstić information content (AvgIpc) is 2.92. The normalized spacial score (nSPS) is 14.4. The Labute approximate surface area is 155 Å². The number of fused-ring (bicyclic) bond motifs is 1. The summed E-state index contributed by atoms with van der Waals surface area (Å²) in [5.41, 5.74) is 4.71. The zero-order chi connectivity index (χ0) is 18.2. The molecule has 3 nitrogen and oxygen atoms in total. The van der Waals surface area contributed by atoms with Crippen LogP contribution in [-0.4, -0.2) is 14.7 Å². The molecule has 0 atom stereocenters. The lowest BCUT2D eigenvalue weighted by atomic mass is 9.87. The predicted molar refractivity (Wildman–Crippen MR) is 106 cm³/mol. The smallest absolute Gasteiger partial charge is 0.229 e. The van der Waals surface area contributed by atoms with Crippen LogP contribution in [0.1, 0.15) is 43.9 Å². The number of aryl methyl sites for hydroxylation is 2. The molecular formula is C20H25NO2S2. The quantitative estimate of drug-likeness (QED) is 0.818. The van der Waals surface area contributed by atoms with Gasteiger partial charge >= 0.3 is 0 Å². The monoisotopic (exact) mass is 375 g/mol. The molecule has 1 N–H and O–H groups in total. The summed E-state index contributed by atoms with van der Waals surface area (Å²) >= 11 is 1.61. The van der Waals surface area contributed by atoms with E-state index < -0.39 is 10.0 Å². The Morgan fingerprint density at radius 3 is 2.16 bits per heavy atom. The van der Waals surface area contributed by atoms with Crippen molar-refractivity contribution in [2.24, 2.45) is 0 Å². The maximum Gasteiger partial charge on any atom is 0.229 e. The van der Waals surface area contributed by atoms with Crippen LogP contribution in [0.4, 0.5) is 5.69 Å². The van der Waals surface area contributed by atoms with E-state index in [1.807, 2.05) is 6.07 Å². The summed E-state index contributed by atoms with van der Waals surface area (Å²) in [5, 5.41) is 0. The molecule has 0 amide bonds. The Hall–Kier alpha value is -1.46. The number of nitrogens with one attached hydrogen (secondary N) is 1. The average molecular weight is 376 g/mol. The summed E-state index contributed by atoms with van der Waals surface area (Å²) in [6, 6.07) is 12.7. The van der Waals surface area contributed by atoms with E-state index in [4.69, 9.17) is 0 Å². The zero-order valence-corrected chi connectivity index (χ0v) is 16.9. The van der Waals surface area contributed by atoms with Crippen molar-refractivity contribution < 1.29 is 8.42 Å². The van der Waals surface area contributed by atoms with Crippen molar-refractivity contribution >= 4 is 27.5 Å². The van der Waals surface area contributed by atoms with Gasteiger partial charge in [0.05, 0.1) is 11.9 Å². The maximum absolute atomic E-state index is 11.7. The second kappa shape index (κ2) is 6.69. The highest BCUT2D eigenvalue weighted by atomic mass is 32.2. The fourth-order valence-corrected chi connectivity index (χ4v) is 4.70. The zero-order valence-electron chi connectivity index (χ0n) is 15.2. The Morgan fingerprint density at radius 1 is 1.00 bits per heavy atom. The molecule has 134 valence electrons.